The lowest BCUT2D eigenvalue weighted by atomic mass is 10.1. The Morgan fingerprint density at radius 1 is 0.923 bits per heavy atom. The van der Waals surface area contributed by atoms with Crippen LogP contribution < -0.4 is 14.2 Å². The Bertz CT molecular complexity index is 1720. The third-order valence-electron chi connectivity index (χ3n) is 5.52. The van der Waals surface area contributed by atoms with Gasteiger partial charge in [-0.3, -0.25) is 4.72 Å². The molecule has 10 heteroatoms. The van der Waals surface area contributed by atoms with Gasteiger partial charge in [0.05, 0.1) is 22.7 Å². The summed E-state index contributed by atoms with van der Waals surface area (Å²) in [5, 5.41) is 2.83. The minimum atomic E-state index is -3.82. The van der Waals surface area contributed by atoms with Crippen molar-refractivity contribution < 1.29 is 17.9 Å². The van der Waals surface area contributed by atoms with Crippen molar-refractivity contribution in [3.8, 4) is 28.5 Å². The fraction of sp³-hybridized carbons (Fsp3) is 0.0345. The van der Waals surface area contributed by atoms with E-state index in [0.29, 0.717) is 15.8 Å². The summed E-state index contributed by atoms with van der Waals surface area (Å²) < 4.78 is 39.2. The number of sulfonamides is 1. The molecule has 0 fully saturated rings. The molecule has 1 aromatic heterocycles. The van der Waals surface area contributed by atoms with E-state index in [2.05, 4.69) is 14.7 Å². The van der Waals surface area contributed by atoms with Crippen LogP contribution in [-0.4, -0.2) is 26.7 Å². The van der Waals surface area contributed by atoms with Crippen LogP contribution in [0.1, 0.15) is 5.56 Å². The summed E-state index contributed by atoms with van der Waals surface area (Å²) in [5.41, 5.74) is 2.88. The number of anilines is 1. The second kappa shape index (κ2) is 11.7. The minimum absolute atomic E-state index is 0.0481. The number of halogens is 1. The van der Waals surface area contributed by atoms with E-state index in [1.54, 1.807) is 30.5 Å². The van der Waals surface area contributed by atoms with Crippen molar-refractivity contribution in [1.82, 2.24) is 4.98 Å². The molecule has 0 atom stereocenters. The van der Waals surface area contributed by atoms with Crippen molar-refractivity contribution in [2.75, 3.05) is 11.8 Å². The summed E-state index contributed by atoms with van der Waals surface area (Å²) in [6.07, 6.45) is 1.74. The third-order valence-corrected chi connectivity index (χ3v) is 7.96. The number of nitrogens with zero attached hydrogens (tertiary/aromatic N) is 2. The fourth-order valence-corrected chi connectivity index (χ4v) is 5.54. The average molecular weight is 576 g/mol. The SMILES string of the molecule is COc1cc(S(=O)(=O)Nc2ccc(-c3csc(/N=C/c4cccc(Oc5ccccc5)c4)n3)cc2)ccc1Cl. The molecule has 0 spiro atoms. The van der Waals surface area contributed by atoms with Crippen LogP contribution in [0, 0.1) is 0 Å². The molecule has 196 valence electrons. The van der Waals surface area contributed by atoms with Crippen molar-refractivity contribution in [2.45, 2.75) is 4.90 Å². The third kappa shape index (κ3) is 6.64. The van der Waals surface area contributed by atoms with Crippen molar-refractivity contribution >= 4 is 50.0 Å². The van der Waals surface area contributed by atoms with Crippen molar-refractivity contribution in [2.24, 2.45) is 4.99 Å². The predicted octanol–water partition coefficient (Wildman–Crippen LogP) is 7.82. The first-order valence-electron chi connectivity index (χ1n) is 11.7. The van der Waals surface area contributed by atoms with Gasteiger partial charge in [0.25, 0.3) is 10.0 Å². The molecule has 0 radical (unpaired) electrons. The largest absolute Gasteiger partial charge is 0.495 e. The summed E-state index contributed by atoms with van der Waals surface area (Å²) in [6, 6.07) is 28.5. The maximum Gasteiger partial charge on any atom is 0.262 e. The fourth-order valence-electron chi connectivity index (χ4n) is 3.60. The van der Waals surface area contributed by atoms with E-state index >= 15 is 0 Å². The van der Waals surface area contributed by atoms with Gasteiger partial charge in [0, 0.05) is 28.9 Å². The molecular formula is C29H22ClN3O4S2. The van der Waals surface area contributed by atoms with Crippen LogP contribution in [0.4, 0.5) is 10.8 Å². The zero-order valence-corrected chi connectivity index (χ0v) is 23.0. The Morgan fingerprint density at radius 3 is 2.46 bits per heavy atom. The Hall–Kier alpha value is -4.18. The predicted molar refractivity (Wildman–Crippen MR) is 157 cm³/mol. The molecule has 0 aliphatic rings. The Labute approximate surface area is 235 Å². The molecule has 1 heterocycles. The number of para-hydroxylation sites is 1. The number of hydrogen-bond donors (Lipinski definition) is 1. The molecule has 0 bridgehead atoms. The number of benzene rings is 4. The minimum Gasteiger partial charge on any atom is -0.495 e. The van der Waals surface area contributed by atoms with Gasteiger partial charge in [0.2, 0.25) is 5.13 Å². The van der Waals surface area contributed by atoms with E-state index < -0.39 is 10.0 Å². The summed E-state index contributed by atoms with van der Waals surface area (Å²) in [7, 11) is -2.39. The standard InChI is InChI=1S/C29H22ClN3O4S2/c1-36-28-17-25(14-15-26(28)30)39(34,35)33-22-12-10-21(11-13-22)27-19-38-29(32-27)31-18-20-6-5-9-24(16-20)37-23-7-3-2-4-8-23/h2-19,33H,1H3/b31-18+. The lowest BCUT2D eigenvalue weighted by molar-refractivity contribution is 0.413. The molecule has 1 N–H and O–H groups in total. The van der Waals surface area contributed by atoms with Gasteiger partial charge < -0.3 is 9.47 Å². The number of aliphatic imine (C=N–C) groups is 1. The highest BCUT2D eigenvalue weighted by Gasteiger charge is 2.17. The van der Waals surface area contributed by atoms with E-state index in [4.69, 9.17) is 21.1 Å². The first kappa shape index (κ1) is 26.4. The van der Waals surface area contributed by atoms with Gasteiger partial charge in [0.1, 0.15) is 17.2 Å². The number of thiazole rings is 1. The zero-order chi connectivity index (χ0) is 27.2. The van der Waals surface area contributed by atoms with Crippen LogP contribution in [-0.2, 0) is 10.0 Å². The smallest absolute Gasteiger partial charge is 0.262 e. The van der Waals surface area contributed by atoms with Crippen molar-refractivity contribution in [3.63, 3.8) is 0 Å². The molecular weight excluding hydrogens is 554 g/mol. The molecule has 39 heavy (non-hydrogen) atoms. The van der Waals surface area contributed by atoms with Gasteiger partial charge in [-0.1, -0.05) is 54.1 Å². The van der Waals surface area contributed by atoms with Crippen LogP contribution in [0.2, 0.25) is 5.02 Å². The Morgan fingerprint density at radius 2 is 1.69 bits per heavy atom. The molecule has 0 saturated carbocycles. The summed E-state index contributed by atoms with van der Waals surface area (Å²) in [5.74, 6) is 1.76. The van der Waals surface area contributed by atoms with Gasteiger partial charge in [-0.2, -0.15) is 0 Å². The topological polar surface area (TPSA) is 89.9 Å². The van der Waals surface area contributed by atoms with E-state index in [-0.39, 0.29) is 10.6 Å². The van der Waals surface area contributed by atoms with Crippen LogP contribution in [0.25, 0.3) is 11.3 Å². The molecule has 0 aliphatic carbocycles. The van der Waals surface area contributed by atoms with Gasteiger partial charge in [-0.15, -0.1) is 11.3 Å². The molecule has 0 saturated heterocycles. The number of rotatable bonds is 9. The quantitative estimate of drug-likeness (QED) is 0.181. The van der Waals surface area contributed by atoms with Crippen LogP contribution in [0.5, 0.6) is 17.2 Å². The molecule has 0 unspecified atom stereocenters. The highest BCUT2D eigenvalue weighted by atomic mass is 35.5. The highest BCUT2D eigenvalue weighted by molar-refractivity contribution is 7.92. The highest BCUT2D eigenvalue weighted by Crippen LogP contribution is 2.30. The van der Waals surface area contributed by atoms with Gasteiger partial charge in [-0.05, 0) is 54.1 Å². The second-order valence-corrected chi connectivity index (χ2v) is 11.2. The number of aromatic nitrogens is 1. The number of methoxy groups -OCH3 is 1. The monoisotopic (exact) mass is 575 g/mol. The van der Waals surface area contributed by atoms with E-state index in [1.807, 2.05) is 60.0 Å². The van der Waals surface area contributed by atoms with Crippen molar-refractivity contribution in [3.05, 3.63) is 113 Å². The molecule has 0 amide bonds. The second-order valence-electron chi connectivity index (χ2n) is 8.24. The van der Waals surface area contributed by atoms with Gasteiger partial charge in [0.15, 0.2) is 0 Å². The number of ether oxygens (including phenoxy) is 2. The summed E-state index contributed by atoms with van der Waals surface area (Å²) in [4.78, 5) is 9.14. The van der Waals surface area contributed by atoms with Gasteiger partial charge >= 0.3 is 0 Å². The van der Waals surface area contributed by atoms with Crippen LogP contribution >= 0.6 is 22.9 Å². The number of nitrogens with one attached hydrogen (secondary N) is 1. The molecule has 5 aromatic rings. The van der Waals surface area contributed by atoms with E-state index in [0.717, 1.165) is 28.3 Å². The molecule has 0 aliphatic heterocycles. The Kier molecular flexibility index (Phi) is 7.92. The summed E-state index contributed by atoms with van der Waals surface area (Å²) >= 11 is 7.42. The molecule has 5 rings (SSSR count). The summed E-state index contributed by atoms with van der Waals surface area (Å²) in [6.45, 7) is 0. The average Bonchev–Trinajstić information content (AvgIpc) is 3.42. The first-order valence-corrected chi connectivity index (χ1v) is 14.4. The lowest BCUT2D eigenvalue weighted by Crippen LogP contribution is -2.13. The Balaban J connectivity index is 1.25. The van der Waals surface area contributed by atoms with Crippen LogP contribution in [0.15, 0.2) is 112 Å². The van der Waals surface area contributed by atoms with Gasteiger partial charge in [-0.25, -0.2) is 18.4 Å². The first-order chi connectivity index (χ1) is 18.9. The molecule has 4 aromatic carbocycles. The van der Waals surface area contributed by atoms with E-state index in [1.165, 1.54) is 36.6 Å². The zero-order valence-electron chi connectivity index (χ0n) is 20.6. The van der Waals surface area contributed by atoms with Crippen LogP contribution in [0.3, 0.4) is 0 Å². The molecule has 7 nitrogen and oxygen atoms in total. The number of hydrogen-bond acceptors (Lipinski definition) is 7. The normalized spacial score (nSPS) is 11.4. The maximum atomic E-state index is 12.8. The van der Waals surface area contributed by atoms with E-state index in [9.17, 15) is 8.42 Å². The maximum absolute atomic E-state index is 12.8. The van der Waals surface area contributed by atoms with Crippen molar-refractivity contribution in [1.29, 1.82) is 0 Å². The lowest BCUT2D eigenvalue weighted by Gasteiger charge is -2.10.